The average Bonchev–Trinajstić information content (AvgIpc) is 3.09. The largest absolute Gasteiger partial charge is 0.378 e. The van der Waals surface area contributed by atoms with E-state index in [-0.39, 0.29) is 11.8 Å². The van der Waals surface area contributed by atoms with Crippen LogP contribution in [0, 0.1) is 0 Å². The number of hydrogen-bond donors (Lipinski definition) is 1. The van der Waals surface area contributed by atoms with Gasteiger partial charge in [-0.1, -0.05) is 48.5 Å². The molecule has 4 heteroatoms. The molecule has 0 bridgehead atoms. The first-order valence-corrected chi connectivity index (χ1v) is 9.73. The fraction of sp³-hybridized carbons (Fsp3) is 0.208. The molecule has 0 atom stereocenters. The van der Waals surface area contributed by atoms with Crippen molar-refractivity contribution >= 4 is 17.3 Å². The second-order valence-electron chi connectivity index (χ2n) is 7.24. The number of rotatable bonds is 3. The zero-order valence-electron chi connectivity index (χ0n) is 15.6. The molecule has 28 heavy (non-hydrogen) atoms. The zero-order chi connectivity index (χ0) is 18.9. The van der Waals surface area contributed by atoms with E-state index < -0.39 is 0 Å². The fourth-order valence-electron chi connectivity index (χ4n) is 4.23. The Morgan fingerprint density at radius 2 is 1.39 bits per heavy atom. The molecule has 1 N–H and O–H groups in total. The second-order valence-corrected chi connectivity index (χ2v) is 7.24. The number of benzene rings is 3. The summed E-state index contributed by atoms with van der Waals surface area (Å²) in [5, 5.41) is 3.11. The van der Waals surface area contributed by atoms with Crippen LogP contribution in [0.2, 0.25) is 0 Å². The first-order chi connectivity index (χ1) is 13.8. The normalized spacial score (nSPS) is 15.8. The number of carbonyl (C=O) groups is 1. The van der Waals surface area contributed by atoms with Crippen LogP contribution in [0.25, 0.3) is 11.1 Å². The molecule has 0 spiro atoms. The van der Waals surface area contributed by atoms with E-state index in [9.17, 15) is 4.79 Å². The third-order valence-corrected chi connectivity index (χ3v) is 5.61. The van der Waals surface area contributed by atoms with Gasteiger partial charge >= 0.3 is 0 Å². The summed E-state index contributed by atoms with van der Waals surface area (Å²) < 4.78 is 5.41. The standard InChI is InChI=1S/C24H22N2O2/c27-24(25-17-9-11-18(12-10-17)26-13-15-28-16-14-26)23-21-7-3-1-5-19(21)20-6-2-4-8-22(20)23/h1-12,23H,13-16H2,(H,25,27). The van der Waals surface area contributed by atoms with E-state index in [2.05, 4.69) is 46.6 Å². The number of carbonyl (C=O) groups excluding carboxylic acids is 1. The van der Waals surface area contributed by atoms with Crippen LogP contribution in [0.1, 0.15) is 17.0 Å². The lowest BCUT2D eigenvalue weighted by Crippen LogP contribution is -2.36. The van der Waals surface area contributed by atoms with Crippen LogP contribution in [0.3, 0.4) is 0 Å². The van der Waals surface area contributed by atoms with Crippen molar-refractivity contribution < 1.29 is 9.53 Å². The van der Waals surface area contributed by atoms with E-state index in [0.29, 0.717) is 0 Å². The number of hydrogen-bond acceptors (Lipinski definition) is 3. The SMILES string of the molecule is O=C(Nc1ccc(N2CCOCC2)cc1)C1c2ccccc2-c2ccccc21. The highest BCUT2D eigenvalue weighted by Gasteiger charge is 2.33. The van der Waals surface area contributed by atoms with E-state index in [1.165, 1.54) is 0 Å². The van der Waals surface area contributed by atoms with Crippen molar-refractivity contribution in [1.82, 2.24) is 0 Å². The Bertz CT molecular complexity index is 962. The Labute approximate surface area is 164 Å². The monoisotopic (exact) mass is 370 g/mol. The third-order valence-electron chi connectivity index (χ3n) is 5.61. The van der Waals surface area contributed by atoms with Crippen LogP contribution in [0.15, 0.2) is 72.8 Å². The summed E-state index contributed by atoms with van der Waals surface area (Å²) in [4.78, 5) is 15.5. The van der Waals surface area contributed by atoms with Crippen molar-refractivity contribution in [2.75, 3.05) is 36.5 Å². The first-order valence-electron chi connectivity index (χ1n) is 9.73. The van der Waals surface area contributed by atoms with E-state index >= 15 is 0 Å². The second kappa shape index (κ2) is 7.13. The van der Waals surface area contributed by atoms with Gasteiger partial charge in [-0.3, -0.25) is 4.79 Å². The number of nitrogens with one attached hydrogen (secondary N) is 1. The topological polar surface area (TPSA) is 41.6 Å². The van der Waals surface area contributed by atoms with Crippen LogP contribution in [0.5, 0.6) is 0 Å². The third kappa shape index (κ3) is 2.96. The minimum absolute atomic E-state index is 0.0107. The summed E-state index contributed by atoms with van der Waals surface area (Å²) in [6, 6.07) is 24.5. The van der Waals surface area contributed by atoms with Crippen LogP contribution < -0.4 is 10.2 Å². The molecule has 5 rings (SSSR count). The van der Waals surface area contributed by atoms with Crippen LogP contribution >= 0.6 is 0 Å². The zero-order valence-corrected chi connectivity index (χ0v) is 15.6. The van der Waals surface area contributed by atoms with Gasteiger partial charge in [-0.05, 0) is 46.5 Å². The van der Waals surface area contributed by atoms with E-state index in [0.717, 1.165) is 59.9 Å². The lowest BCUT2D eigenvalue weighted by atomic mass is 9.96. The number of fused-ring (bicyclic) bond motifs is 3. The highest BCUT2D eigenvalue weighted by atomic mass is 16.5. The van der Waals surface area contributed by atoms with Crippen LogP contribution in [0.4, 0.5) is 11.4 Å². The van der Waals surface area contributed by atoms with Crippen LogP contribution in [-0.2, 0) is 9.53 Å². The quantitative estimate of drug-likeness (QED) is 0.748. The fourth-order valence-corrected chi connectivity index (χ4v) is 4.23. The predicted molar refractivity (Wildman–Crippen MR) is 112 cm³/mol. The molecule has 1 amide bonds. The van der Waals surface area contributed by atoms with Crippen molar-refractivity contribution in [2.45, 2.75) is 5.92 Å². The Morgan fingerprint density at radius 3 is 2.00 bits per heavy atom. The molecule has 0 saturated carbocycles. The Balaban J connectivity index is 1.38. The summed E-state index contributed by atoms with van der Waals surface area (Å²) in [6.07, 6.45) is 0. The Hall–Kier alpha value is -3.11. The molecule has 3 aromatic carbocycles. The molecule has 1 saturated heterocycles. The highest BCUT2D eigenvalue weighted by molar-refractivity contribution is 6.03. The molecule has 1 aliphatic heterocycles. The van der Waals surface area contributed by atoms with E-state index in [4.69, 9.17) is 4.74 Å². The lowest BCUT2D eigenvalue weighted by molar-refractivity contribution is -0.116. The first kappa shape index (κ1) is 17.0. The van der Waals surface area contributed by atoms with Gasteiger partial charge in [0.15, 0.2) is 0 Å². The highest BCUT2D eigenvalue weighted by Crippen LogP contribution is 2.44. The van der Waals surface area contributed by atoms with Gasteiger partial charge in [0, 0.05) is 24.5 Å². The molecule has 1 fully saturated rings. The van der Waals surface area contributed by atoms with Gasteiger partial charge in [0.1, 0.15) is 0 Å². The Kier molecular flexibility index (Phi) is 4.34. The number of anilines is 2. The van der Waals surface area contributed by atoms with Gasteiger partial charge < -0.3 is 15.0 Å². The van der Waals surface area contributed by atoms with Crippen molar-refractivity contribution in [3.63, 3.8) is 0 Å². The summed E-state index contributed by atoms with van der Waals surface area (Å²) in [5.74, 6) is -0.261. The molecular formula is C24H22N2O2. The van der Waals surface area contributed by atoms with Gasteiger partial charge in [0.2, 0.25) is 5.91 Å². The summed E-state index contributed by atoms with van der Waals surface area (Å²) in [7, 11) is 0. The maximum Gasteiger partial charge on any atom is 0.236 e. The summed E-state index contributed by atoms with van der Waals surface area (Å²) in [6.45, 7) is 3.33. The molecule has 0 unspecified atom stereocenters. The Morgan fingerprint density at radius 1 is 0.821 bits per heavy atom. The number of nitrogens with zero attached hydrogens (tertiary/aromatic N) is 1. The number of ether oxygens (including phenoxy) is 1. The number of morpholine rings is 1. The minimum atomic E-state index is -0.272. The average molecular weight is 370 g/mol. The molecule has 4 nitrogen and oxygen atoms in total. The maximum absolute atomic E-state index is 13.2. The van der Waals surface area contributed by atoms with E-state index in [1.807, 2.05) is 36.4 Å². The molecule has 2 aliphatic rings. The molecule has 0 aromatic heterocycles. The maximum atomic E-state index is 13.2. The summed E-state index contributed by atoms with van der Waals surface area (Å²) in [5.41, 5.74) is 6.45. The van der Waals surface area contributed by atoms with E-state index in [1.54, 1.807) is 0 Å². The molecule has 140 valence electrons. The minimum Gasteiger partial charge on any atom is -0.378 e. The van der Waals surface area contributed by atoms with Gasteiger partial charge in [-0.25, -0.2) is 0 Å². The smallest absolute Gasteiger partial charge is 0.236 e. The molecule has 3 aromatic rings. The van der Waals surface area contributed by atoms with Crippen LogP contribution in [-0.4, -0.2) is 32.2 Å². The lowest BCUT2D eigenvalue weighted by Gasteiger charge is -2.29. The van der Waals surface area contributed by atoms with Crippen molar-refractivity contribution in [3.8, 4) is 11.1 Å². The van der Waals surface area contributed by atoms with Gasteiger partial charge in [0.25, 0.3) is 0 Å². The van der Waals surface area contributed by atoms with Gasteiger partial charge in [0.05, 0.1) is 19.1 Å². The molecule has 0 radical (unpaired) electrons. The van der Waals surface area contributed by atoms with Gasteiger partial charge in [-0.2, -0.15) is 0 Å². The molecule has 1 heterocycles. The van der Waals surface area contributed by atoms with Gasteiger partial charge in [-0.15, -0.1) is 0 Å². The van der Waals surface area contributed by atoms with Crippen molar-refractivity contribution in [1.29, 1.82) is 0 Å². The number of amides is 1. The summed E-state index contributed by atoms with van der Waals surface area (Å²) >= 11 is 0. The van der Waals surface area contributed by atoms with Crippen molar-refractivity contribution in [3.05, 3.63) is 83.9 Å². The van der Waals surface area contributed by atoms with Crippen molar-refractivity contribution in [2.24, 2.45) is 0 Å². The molecular weight excluding hydrogens is 348 g/mol. The predicted octanol–water partition coefficient (Wildman–Crippen LogP) is 4.27. The molecule has 1 aliphatic carbocycles.